The van der Waals surface area contributed by atoms with Crippen LogP contribution in [0.3, 0.4) is 0 Å². The highest BCUT2D eigenvalue weighted by Gasteiger charge is 2.12. The quantitative estimate of drug-likeness (QED) is 0.680. The maximum atomic E-state index is 11.8. The summed E-state index contributed by atoms with van der Waals surface area (Å²) in [7, 11) is 3.04. The van der Waals surface area contributed by atoms with Crippen LogP contribution >= 0.6 is 12.2 Å². The Morgan fingerprint density at radius 1 is 1.43 bits per heavy atom. The Morgan fingerprint density at radius 2 is 2.10 bits per heavy atom. The molecule has 0 fully saturated rings. The second kappa shape index (κ2) is 6.64. The summed E-state index contributed by atoms with van der Waals surface area (Å²) < 4.78 is 2.32. The number of rotatable bonds is 5. The van der Waals surface area contributed by atoms with Crippen molar-refractivity contribution in [1.29, 1.82) is 0 Å². The van der Waals surface area contributed by atoms with Gasteiger partial charge in [-0.3, -0.25) is 19.3 Å². The third-order valence-corrected chi connectivity index (χ3v) is 3.55. The Kier molecular flexibility index (Phi) is 4.87. The van der Waals surface area contributed by atoms with Crippen molar-refractivity contribution in [1.82, 2.24) is 19.8 Å². The molecule has 0 bridgehead atoms. The SMILES string of the molecule is CON(C)C(=O)CCn1c(-c2ccc(C)cc2)n[nH]c1=S. The molecule has 2 aromatic rings. The van der Waals surface area contributed by atoms with E-state index in [-0.39, 0.29) is 12.3 Å². The maximum absolute atomic E-state index is 11.8. The van der Waals surface area contributed by atoms with Crippen LogP contribution in [0.4, 0.5) is 0 Å². The molecular weight excluding hydrogens is 288 g/mol. The Morgan fingerprint density at radius 3 is 2.71 bits per heavy atom. The molecule has 0 radical (unpaired) electrons. The first-order valence-corrected chi connectivity index (χ1v) is 6.96. The zero-order valence-electron chi connectivity index (χ0n) is 12.3. The third-order valence-electron chi connectivity index (χ3n) is 3.24. The lowest BCUT2D eigenvalue weighted by Crippen LogP contribution is -2.26. The second-order valence-electron chi connectivity index (χ2n) is 4.69. The van der Waals surface area contributed by atoms with Gasteiger partial charge >= 0.3 is 0 Å². The maximum Gasteiger partial charge on any atom is 0.247 e. The first-order chi connectivity index (χ1) is 10.0. The molecule has 1 N–H and O–H groups in total. The molecule has 2 rings (SSSR count). The minimum absolute atomic E-state index is 0.115. The van der Waals surface area contributed by atoms with Crippen molar-refractivity contribution in [2.45, 2.75) is 19.9 Å². The van der Waals surface area contributed by atoms with Crippen molar-refractivity contribution in [3.63, 3.8) is 0 Å². The third kappa shape index (κ3) is 3.56. The summed E-state index contributed by atoms with van der Waals surface area (Å²) in [5.41, 5.74) is 2.14. The molecule has 0 saturated carbocycles. The Bertz CT molecular complexity index is 675. The summed E-state index contributed by atoms with van der Waals surface area (Å²) in [6, 6.07) is 8.00. The fourth-order valence-corrected chi connectivity index (χ4v) is 2.14. The molecule has 21 heavy (non-hydrogen) atoms. The molecule has 7 heteroatoms. The highest BCUT2D eigenvalue weighted by molar-refractivity contribution is 7.71. The monoisotopic (exact) mass is 306 g/mol. The van der Waals surface area contributed by atoms with E-state index in [2.05, 4.69) is 10.2 Å². The number of nitrogens with one attached hydrogen (secondary N) is 1. The Labute approximate surface area is 128 Å². The molecule has 1 aromatic carbocycles. The predicted octanol–water partition coefficient (Wildman–Crippen LogP) is 2.33. The number of amides is 1. The summed E-state index contributed by atoms with van der Waals surface area (Å²) in [5.74, 6) is 0.614. The molecule has 6 nitrogen and oxygen atoms in total. The highest BCUT2D eigenvalue weighted by Crippen LogP contribution is 2.18. The summed E-state index contributed by atoms with van der Waals surface area (Å²) in [6.07, 6.45) is 0.289. The summed E-state index contributed by atoms with van der Waals surface area (Å²) in [5, 5.41) is 8.23. The van der Waals surface area contributed by atoms with Crippen molar-refractivity contribution in [2.24, 2.45) is 0 Å². The van der Waals surface area contributed by atoms with Gasteiger partial charge < -0.3 is 0 Å². The number of hydroxylamine groups is 2. The minimum atomic E-state index is -0.115. The van der Waals surface area contributed by atoms with Crippen LogP contribution in [0.1, 0.15) is 12.0 Å². The zero-order chi connectivity index (χ0) is 15.4. The number of nitrogens with zero attached hydrogens (tertiary/aromatic N) is 3. The van der Waals surface area contributed by atoms with E-state index in [0.29, 0.717) is 11.3 Å². The van der Waals surface area contributed by atoms with Crippen LogP contribution in [0.2, 0.25) is 0 Å². The zero-order valence-corrected chi connectivity index (χ0v) is 13.1. The van der Waals surface area contributed by atoms with Gasteiger partial charge in [0.1, 0.15) is 0 Å². The minimum Gasteiger partial charge on any atom is -0.300 e. The first kappa shape index (κ1) is 15.4. The van der Waals surface area contributed by atoms with Gasteiger partial charge in [0.05, 0.1) is 7.11 Å². The van der Waals surface area contributed by atoms with E-state index in [9.17, 15) is 4.79 Å². The molecule has 0 unspecified atom stereocenters. The van der Waals surface area contributed by atoms with Gasteiger partial charge in [0, 0.05) is 25.6 Å². The van der Waals surface area contributed by atoms with Gasteiger partial charge in [-0.2, -0.15) is 5.10 Å². The Hall–Kier alpha value is -1.99. The number of carbonyl (C=O) groups excluding carboxylic acids is 1. The largest absolute Gasteiger partial charge is 0.300 e. The van der Waals surface area contributed by atoms with Crippen LogP contribution in [0.5, 0.6) is 0 Å². The smallest absolute Gasteiger partial charge is 0.247 e. The molecule has 112 valence electrons. The van der Waals surface area contributed by atoms with Crippen molar-refractivity contribution >= 4 is 18.1 Å². The average molecular weight is 306 g/mol. The number of H-pyrrole nitrogens is 1. The van der Waals surface area contributed by atoms with E-state index in [0.717, 1.165) is 11.4 Å². The lowest BCUT2D eigenvalue weighted by Gasteiger charge is -2.14. The first-order valence-electron chi connectivity index (χ1n) is 6.56. The van der Waals surface area contributed by atoms with Crippen LogP contribution < -0.4 is 0 Å². The number of hydrogen-bond donors (Lipinski definition) is 1. The van der Waals surface area contributed by atoms with Crippen LogP contribution in [-0.2, 0) is 16.2 Å². The van der Waals surface area contributed by atoms with Gasteiger partial charge in [-0.1, -0.05) is 29.8 Å². The predicted molar refractivity (Wildman–Crippen MR) is 82.0 cm³/mol. The molecule has 1 amide bonds. The lowest BCUT2D eigenvalue weighted by molar-refractivity contribution is -0.168. The van der Waals surface area contributed by atoms with Gasteiger partial charge in [0.25, 0.3) is 0 Å². The van der Waals surface area contributed by atoms with Crippen molar-refractivity contribution in [3.05, 3.63) is 34.6 Å². The fourth-order valence-electron chi connectivity index (χ4n) is 1.91. The van der Waals surface area contributed by atoms with Gasteiger partial charge in [0.2, 0.25) is 5.91 Å². The lowest BCUT2D eigenvalue weighted by atomic mass is 10.1. The van der Waals surface area contributed by atoms with Gasteiger partial charge in [-0.25, -0.2) is 5.06 Å². The molecule has 0 aliphatic rings. The topological polar surface area (TPSA) is 63.1 Å². The van der Waals surface area contributed by atoms with Gasteiger partial charge in [-0.15, -0.1) is 0 Å². The Balaban J connectivity index is 2.21. The van der Waals surface area contributed by atoms with E-state index in [4.69, 9.17) is 17.1 Å². The summed E-state index contributed by atoms with van der Waals surface area (Å²) >= 11 is 5.23. The van der Waals surface area contributed by atoms with Crippen LogP contribution in [-0.4, -0.2) is 39.9 Å². The van der Waals surface area contributed by atoms with Crippen LogP contribution in [0.15, 0.2) is 24.3 Å². The van der Waals surface area contributed by atoms with E-state index in [1.807, 2.05) is 35.8 Å². The standard InChI is InChI=1S/C14H18N4O2S/c1-10-4-6-11(7-5-10)13-15-16-14(21)18(13)9-8-12(19)17(2)20-3/h4-7H,8-9H2,1-3H3,(H,16,21). The number of carbonyl (C=O) groups is 1. The number of benzene rings is 1. The molecule has 0 spiro atoms. The van der Waals surface area contributed by atoms with E-state index in [1.54, 1.807) is 7.05 Å². The molecule has 0 aliphatic heterocycles. The molecule has 1 heterocycles. The summed E-state index contributed by atoms with van der Waals surface area (Å²) in [6.45, 7) is 2.48. The summed E-state index contributed by atoms with van der Waals surface area (Å²) in [4.78, 5) is 16.7. The second-order valence-corrected chi connectivity index (χ2v) is 5.08. The van der Waals surface area contributed by atoms with E-state index in [1.165, 1.54) is 17.7 Å². The molecule has 0 atom stereocenters. The average Bonchev–Trinajstić information content (AvgIpc) is 2.85. The van der Waals surface area contributed by atoms with Gasteiger partial charge in [0.15, 0.2) is 10.6 Å². The van der Waals surface area contributed by atoms with Crippen molar-refractivity contribution in [3.8, 4) is 11.4 Å². The number of aryl methyl sites for hydroxylation is 1. The van der Waals surface area contributed by atoms with Crippen molar-refractivity contribution in [2.75, 3.05) is 14.2 Å². The molecule has 1 aromatic heterocycles. The van der Waals surface area contributed by atoms with E-state index >= 15 is 0 Å². The van der Waals surface area contributed by atoms with Crippen LogP contribution in [0.25, 0.3) is 11.4 Å². The fraction of sp³-hybridized carbons (Fsp3) is 0.357. The van der Waals surface area contributed by atoms with E-state index < -0.39 is 0 Å². The number of aromatic amines is 1. The highest BCUT2D eigenvalue weighted by atomic mass is 32.1. The van der Waals surface area contributed by atoms with Crippen molar-refractivity contribution < 1.29 is 9.63 Å². The molecule has 0 aliphatic carbocycles. The van der Waals surface area contributed by atoms with Crippen LogP contribution in [0, 0.1) is 11.7 Å². The number of hydrogen-bond acceptors (Lipinski definition) is 4. The normalized spacial score (nSPS) is 10.6. The molecule has 0 saturated heterocycles. The molecular formula is C14H18N4O2S. The number of aromatic nitrogens is 3. The van der Waals surface area contributed by atoms with Gasteiger partial charge in [-0.05, 0) is 19.1 Å².